The average molecular weight is 235 g/mol. The van der Waals surface area contributed by atoms with Crippen molar-refractivity contribution >= 4 is 18.2 Å². The first kappa shape index (κ1) is 11.7. The van der Waals surface area contributed by atoms with E-state index in [9.17, 15) is 4.79 Å². The maximum atomic E-state index is 11.2. The Bertz CT molecular complexity index is 378. The third-order valence-electron chi connectivity index (χ3n) is 2.82. The molecule has 86 valence electrons. The number of nitrogens with zero attached hydrogens (tertiary/aromatic N) is 1. The topological polar surface area (TPSA) is 20.3 Å². The average Bonchev–Trinajstić information content (AvgIpc) is 2.63. The van der Waals surface area contributed by atoms with Gasteiger partial charge in [0.1, 0.15) is 12.3 Å². The molecule has 1 atom stereocenters. The largest absolute Gasteiger partial charge is 0.301 e. The van der Waals surface area contributed by atoms with Crippen LogP contribution in [0, 0.1) is 5.92 Å². The molecule has 0 N–H and O–H groups in total. The van der Waals surface area contributed by atoms with E-state index in [1.165, 1.54) is 4.90 Å². The number of rotatable bonds is 4. The van der Waals surface area contributed by atoms with E-state index in [-0.39, 0.29) is 6.04 Å². The summed E-state index contributed by atoms with van der Waals surface area (Å²) in [6.45, 7) is 5.40. The van der Waals surface area contributed by atoms with Crippen LogP contribution in [0.25, 0.3) is 0 Å². The van der Waals surface area contributed by atoms with Crippen LogP contribution in [0.3, 0.4) is 0 Å². The fourth-order valence-electron chi connectivity index (χ4n) is 1.86. The van der Waals surface area contributed by atoms with E-state index in [4.69, 9.17) is 0 Å². The molecule has 2 nitrogen and oxygen atoms in total. The normalized spacial score (nSPS) is 20.1. The summed E-state index contributed by atoms with van der Waals surface area (Å²) in [6.07, 6.45) is 2.19. The van der Waals surface area contributed by atoms with Gasteiger partial charge in [0.05, 0.1) is 0 Å². The van der Waals surface area contributed by atoms with Gasteiger partial charge >= 0.3 is 0 Å². The van der Waals surface area contributed by atoms with Crippen LogP contribution >= 0.6 is 11.9 Å². The van der Waals surface area contributed by atoms with Crippen molar-refractivity contribution in [2.24, 2.45) is 5.92 Å². The summed E-state index contributed by atoms with van der Waals surface area (Å²) in [7, 11) is 0. The van der Waals surface area contributed by atoms with Crippen LogP contribution < -0.4 is 0 Å². The van der Waals surface area contributed by atoms with Crippen LogP contribution in [0.2, 0.25) is 0 Å². The van der Waals surface area contributed by atoms with Gasteiger partial charge in [-0.25, -0.2) is 4.31 Å². The SMILES string of the molecule is CC(C)CCN1Sc2ccccc2C1C=O. The van der Waals surface area contributed by atoms with Crippen molar-refractivity contribution in [3.63, 3.8) is 0 Å². The van der Waals surface area contributed by atoms with Crippen molar-refractivity contribution in [2.45, 2.75) is 31.2 Å². The lowest BCUT2D eigenvalue weighted by molar-refractivity contribution is -0.111. The molecule has 1 aliphatic heterocycles. The molecule has 1 aromatic rings. The predicted octanol–water partition coefficient (Wildman–Crippen LogP) is 3.30. The highest BCUT2D eigenvalue weighted by Gasteiger charge is 2.30. The minimum atomic E-state index is -0.0556. The molecule has 0 spiro atoms. The van der Waals surface area contributed by atoms with Gasteiger partial charge in [-0.2, -0.15) is 0 Å². The number of benzene rings is 1. The minimum Gasteiger partial charge on any atom is -0.301 e. The van der Waals surface area contributed by atoms with E-state index in [0.717, 1.165) is 24.8 Å². The maximum Gasteiger partial charge on any atom is 0.142 e. The molecule has 1 heterocycles. The van der Waals surface area contributed by atoms with Crippen LogP contribution in [0.15, 0.2) is 29.2 Å². The molecule has 3 heteroatoms. The summed E-state index contributed by atoms with van der Waals surface area (Å²) in [6, 6.07) is 8.12. The molecular weight excluding hydrogens is 218 g/mol. The number of fused-ring (bicyclic) bond motifs is 1. The summed E-state index contributed by atoms with van der Waals surface area (Å²) >= 11 is 1.71. The van der Waals surface area contributed by atoms with Gasteiger partial charge < -0.3 is 4.79 Å². The predicted molar refractivity (Wildman–Crippen MR) is 67.3 cm³/mol. The van der Waals surface area contributed by atoms with Crippen LogP contribution in [0.4, 0.5) is 0 Å². The van der Waals surface area contributed by atoms with Crippen molar-refractivity contribution in [3.8, 4) is 0 Å². The van der Waals surface area contributed by atoms with E-state index < -0.39 is 0 Å². The Morgan fingerprint density at radius 1 is 1.44 bits per heavy atom. The van der Waals surface area contributed by atoms with Gasteiger partial charge in [0.15, 0.2) is 0 Å². The zero-order valence-corrected chi connectivity index (χ0v) is 10.5. The van der Waals surface area contributed by atoms with Crippen molar-refractivity contribution in [3.05, 3.63) is 29.8 Å². The molecule has 0 amide bonds. The van der Waals surface area contributed by atoms with Gasteiger partial charge in [-0.1, -0.05) is 32.0 Å². The molecule has 0 bridgehead atoms. The van der Waals surface area contributed by atoms with Gasteiger partial charge in [0.2, 0.25) is 0 Å². The number of hydrogen-bond acceptors (Lipinski definition) is 3. The van der Waals surface area contributed by atoms with Crippen molar-refractivity contribution in [2.75, 3.05) is 6.54 Å². The Balaban J connectivity index is 2.11. The van der Waals surface area contributed by atoms with E-state index in [1.807, 2.05) is 12.1 Å². The lowest BCUT2D eigenvalue weighted by atomic mass is 10.1. The Labute approximate surface area is 101 Å². The molecule has 2 rings (SSSR count). The molecule has 0 fully saturated rings. The summed E-state index contributed by atoms with van der Waals surface area (Å²) in [5, 5.41) is 0. The maximum absolute atomic E-state index is 11.2. The second kappa shape index (κ2) is 5.02. The van der Waals surface area contributed by atoms with Gasteiger partial charge in [-0.3, -0.25) is 0 Å². The van der Waals surface area contributed by atoms with Gasteiger partial charge in [0, 0.05) is 11.4 Å². The zero-order valence-electron chi connectivity index (χ0n) is 9.72. The molecule has 0 radical (unpaired) electrons. The van der Waals surface area contributed by atoms with Crippen molar-refractivity contribution in [1.82, 2.24) is 4.31 Å². The van der Waals surface area contributed by atoms with E-state index in [1.54, 1.807) is 11.9 Å². The van der Waals surface area contributed by atoms with E-state index >= 15 is 0 Å². The molecule has 16 heavy (non-hydrogen) atoms. The first-order chi connectivity index (χ1) is 7.72. The van der Waals surface area contributed by atoms with Crippen LogP contribution in [0.1, 0.15) is 31.9 Å². The van der Waals surface area contributed by atoms with E-state index in [0.29, 0.717) is 5.92 Å². The third kappa shape index (κ3) is 2.30. The molecule has 0 saturated carbocycles. The highest BCUT2D eigenvalue weighted by Crippen LogP contribution is 2.43. The Morgan fingerprint density at radius 3 is 2.88 bits per heavy atom. The fourth-order valence-corrected chi connectivity index (χ4v) is 3.02. The third-order valence-corrected chi connectivity index (χ3v) is 4.03. The number of carbonyl (C=O) groups excluding carboxylic acids is 1. The monoisotopic (exact) mass is 235 g/mol. The second-order valence-corrected chi connectivity index (χ2v) is 5.62. The quantitative estimate of drug-likeness (QED) is 0.590. The smallest absolute Gasteiger partial charge is 0.142 e. The zero-order chi connectivity index (χ0) is 11.5. The summed E-state index contributed by atoms with van der Waals surface area (Å²) in [5.41, 5.74) is 1.16. The number of carbonyl (C=O) groups is 1. The number of aldehydes is 1. The van der Waals surface area contributed by atoms with Crippen LogP contribution in [-0.4, -0.2) is 17.1 Å². The highest BCUT2D eigenvalue weighted by atomic mass is 32.2. The van der Waals surface area contributed by atoms with Gasteiger partial charge in [-0.05, 0) is 35.9 Å². The molecular formula is C13H17NOS. The first-order valence-corrected chi connectivity index (χ1v) is 6.48. The number of hydrogen-bond donors (Lipinski definition) is 0. The van der Waals surface area contributed by atoms with Gasteiger partial charge in [0.25, 0.3) is 0 Å². The van der Waals surface area contributed by atoms with E-state index in [2.05, 4.69) is 30.3 Å². The van der Waals surface area contributed by atoms with Crippen molar-refractivity contribution in [1.29, 1.82) is 0 Å². The standard InChI is InChI=1S/C13H17NOS/c1-10(2)7-8-14-12(9-15)11-5-3-4-6-13(11)16-14/h3-6,9-10,12H,7-8H2,1-2H3. The Kier molecular flexibility index (Phi) is 3.66. The summed E-state index contributed by atoms with van der Waals surface area (Å²) in [4.78, 5) is 12.4. The molecule has 1 aliphatic rings. The molecule has 0 aromatic heterocycles. The highest BCUT2D eigenvalue weighted by molar-refractivity contribution is 7.97. The molecule has 0 aliphatic carbocycles. The van der Waals surface area contributed by atoms with Crippen LogP contribution in [0.5, 0.6) is 0 Å². The van der Waals surface area contributed by atoms with Crippen molar-refractivity contribution < 1.29 is 4.79 Å². The second-order valence-electron chi connectivity index (χ2n) is 4.53. The molecule has 1 unspecified atom stereocenters. The Morgan fingerprint density at radius 2 is 2.19 bits per heavy atom. The molecule has 0 saturated heterocycles. The summed E-state index contributed by atoms with van der Waals surface area (Å²) in [5.74, 6) is 0.677. The van der Waals surface area contributed by atoms with Gasteiger partial charge in [-0.15, -0.1) is 0 Å². The summed E-state index contributed by atoms with van der Waals surface area (Å²) < 4.78 is 2.19. The lowest BCUT2D eigenvalue weighted by Crippen LogP contribution is -2.20. The molecule has 1 aromatic carbocycles. The fraction of sp³-hybridized carbons (Fsp3) is 0.462. The minimum absolute atomic E-state index is 0.0556. The lowest BCUT2D eigenvalue weighted by Gasteiger charge is -2.19. The first-order valence-electron chi connectivity index (χ1n) is 5.71. The van der Waals surface area contributed by atoms with Crippen LogP contribution in [-0.2, 0) is 4.79 Å². The Hall–Kier alpha value is -0.800.